The minimum Gasteiger partial charge on any atom is -0.385 e. The van der Waals surface area contributed by atoms with Crippen molar-refractivity contribution in [2.24, 2.45) is 10.9 Å². The van der Waals surface area contributed by atoms with Crippen LogP contribution in [-0.4, -0.2) is 51.3 Å². The van der Waals surface area contributed by atoms with E-state index in [1.54, 1.807) is 7.11 Å². The first kappa shape index (κ1) is 23.2. The second-order valence-corrected chi connectivity index (χ2v) is 6.95. The lowest BCUT2D eigenvalue weighted by Crippen LogP contribution is -2.48. The lowest BCUT2D eigenvalue weighted by atomic mass is 9.79. The molecule has 1 fully saturated rings. The van der Waals surface area contributed by atoms with Gasteiger partial charge in [0.25, 0.3) is 0 Å². The van der Waals surface area contributed by atoms with Crippen LogP contribution in [0.4, 0.5) is 0 Å². The fourth-order valence-corrected chi connectivity index (χ4v) is 3.86. The maximum Gasteiger partial charge on any atom is 0.193 e. The summed E-state index contributed by atoms with van der Waals surface area (Å²) in [4.78, 5) is 6.97. The number of hydrogen-bond donors (Lipinski definition) is 1. The number of nitrogens with zero attached hydrogens (tertiary/aromatic N) is 2. The van der Waals surface area contributed by atoms with E-state index in [9.17, 15) is 0 Å². The third-order valence-electron chi connectivity index (χ3n) is 5.31. The average Bonchev–Trinajstić information content (AvgIpc) is 2.67. The minimum absolute atomic E-state index is 0. The van der Waals surface area contributed by atoms with Gasteiger partial charge in [0.05, 0.1) is 0 Å². The highest BCUT2D eigenvalue weighted by Gasteiger charge is 2.30. The van der Waals surface area contributed by atoms with E-state index in [0.29, 0.717) is 11.8 Å². The number of unbranched alkanes of at least 4 members (excludes halogenated alkanes) is 2. The van der Waals surface area contributed by atoms with E-state index in [1.165, 1.54) is 31.2 Å². The van der Waals surface area contributed by atoms with E-state index in [4.69, 9.17) is 4.74 Å². The van der Waals surface area contributed by atoms with Crippen molar-refractivity contribution in [3.63, 3.8) is 0 Å². The Hall–Kier alpha value is -0.820. The Morgan fingerprint density at radius 1 is 1.23 bits per heavy atom. The fraction of sp³-hybridized carbons (Fsp3) is 0.667. The van der Waals surface area contributed by atoms with Crippen molar-refractivity contribution >= 4 is 29.9 Å². The lowest BCUT2D eigenvalue weighted by Gasteiger charge is -2.40. The largest absolute Gasteiger partial charge is 0.385 e. The predicted molar refractivity (Wildman–Crippen MR) is 122 cm³/mol. The number of guanidine groups is 1. The molecule has 1 aliphatic rings. The van der Waals surface area contributed by atoms with E-state index in [2.05, 4.69) is 52.5 Å². The van der Waals surface area contributed by atoms with Crippen LogP contribution in [0, 0.1) is 5.92 Å². The molecule has 1 saturated heterocycles. The average molecular weight is 473 g/mol. The number of piperidine rings is 1. The Morgan fingerprint density at radius 2 is 2.00 bits per heavy atom. The fourth-order valence-electron chi connectivity index (χ4n) is 3.86. The van der Waals surface area contributed by atoms with E-state index in [0.717, 1.165) is 38.6 Å². The molecule has 148 valence electrons. The van der Waals surface area contributed by atoms with Crippen LogP contribution in [0.1, 0.15) is 50.5 Å². The number of nitrogens with one attached hydrogen (secondary N) is 1. The third-order valence-corrected chi connectivity index (χ3v) is 5.31. The molecular formula is C21H36IN3O. The monoisotopic (exact) mass is 473 g/mol. The first-order valence-electron chi connectivity index (χ1n) is 9.79. The molecule has 1 N–H and O–H groups in total. The Bertz CT molecular complexity index is 509. The van der Waals surface area contributed by atoms with Crippen molar-refractivity contribution in [1.82, 2.24) is 10.2 Å². The van der Waals surface area contributed by atoms with Gasteiger partial charge in [0.15, 0.2) is 5.96 Å². The second-order valence-electron chi connectivity index (χ2n) is 6.95. The zero-order valence-corrected chi connectivity index (χ0v) is 18.9. The molecule has 1 aromatic rings. The van der Waals surface area contributed by atoms with Gasteiger partial charge in [-0.25, -0.2) is 0 Å². The van der Waals surface area contributed by atoms with Gasteiger partial charge >= 0.3 is 0 Å². The van der Waals surface area contributed by atoms with Crippen LogP contribution >= 0.6 is 24.0 Å². The molecule has 2 unspecified atom stereocenters. The summed E-state index contributed by atoms with van der Waals surface area (Å²) in [5.41, 5.74) is 1.50. The van der Waals surface area contributed by atoms with Gasteiger partial charge in [-0.15, -0.1) is 24.0 Å². The summed E-state index contributed by atoms with van der Waals surface area (Å²) in [6.45, 7) is 6.35. The number of rotatable bonds is 8. The topological polar surface area (TPSA) is 36.9 Å². The van der Waals surface area contributed by atoms with E-state index < -0.39 is 0 Å². The molecule has 0 aliphatic carbocycles. The quantitative estimate of drug-likeness (QED) is 0.261. The van der Waals surface area contributed by atoms with Crippen LogP contribution in [0.5, 0.6) is 0 Å². The minimum atomic E-state index is 0. The van der Waals surface area contributed by atoms with Crippen LogP contribution in [0.25, 0.3) is 0 Å². The predicted octanol–water partition coefficient (Wildman–Crippen LogP) is 4.51. The first-order chi connectivity index (χ1) is 12.3. The molecule has 5 heteroatoms. The normalized spacial score (nSPS) is 20.6. The summed E-state index contributed by atoms with van der Waals surface area (Å²) in [6, 6.07) is 11.0. The summed E-state index contributed by atoms with van der Waals surface area (Å²) in [7, 11) is 3.67. The Labute approximate surface area is 176 Å². The van der Waals surface area contributed by atoms with Gasteiger partial charge < -0.3 is 15.0 Å². The molecule has 0 spiro atoms. The number of halogens is 1. The highest BCUT2D eigenvalue weighted by Crippen LogP contribution is 2.34. The summed E-state index contributed by atoms with van der Waals surface area (Å²) in [5, 5.41) is 3.55. The highest BCUT2D eigenvalue weighted by atomic mass is 127. The summed E-state index contributed by atoms with van der Waals surface area (Å²) in [5.74, 6) is 2.43. The van der Waals surface area contributed by atoms with Gasteiger partial charge in [0.2, 0.25) is 0 Å². The van der Waals surface area contributed by atoms with Gasteiger partial charge in [0.1, 0.15) is 0 Å². The molecule has 1 aromatic carbocycles. The molecule has 0 saturated carbocycles. The van der Waals surface area contributed by atoms with Crippen molar-refractivity contribution in [1.29, 1.82) is 0 Å². The molecule has 2 rings (SSSR count). The smallest absolute Gasteiger partial charge is 0.193 e. The van der Waals surface area contributed by atoms with Crippen molar-refractivity contribution in [3.05, 3.63) is 35.9 Å². The summed E-state index contributed by atoms with van der Waals surface area (Å²) in [6.07, 6.45) is 5.92. The zero-order valence-electron chi connectivity index (χ0n) is 16.6. The van der Waals surface area contributed by atoms with Crippen molar-refractivity contribution in [2.45, 2.75) is 44.9 Å². The van der Waals surface area contributed by atoms with Gasteiger partial charge in [0, 0.05) is 40.4 Å². The van der Waals surface area contributed by atoms with Gasteiger partial charge in [-0.05, 0) is 43.1 Å². The molecule has 1 heterocycles. The van der Waals surface area contributed by atoms with Crippen molar-refractivity contribution in [2.75, 3.05) is 40.4 Å². The van der Waals surface area contributed by atoms with Gasteiger partial charge in [-0.3, -0.25) is 4.99 Å². The Kier molecular flexibility index (Phi) is 11.9. The Balaban J connectivity index is 0.00000338. The molecule has 0 bridgehead atoms. The lowest BCUT2D eigenvalue weighted by molar-refractivity contribution is 0.192. The maximum absolute atomic E-state index is 5.10. The number of likely N-dealkylation sites (tertiary alicyclic amines) is 1. The molecule has 1 aliphatic heterocycles. The van der Waals surface area contributed by atoms with E-state index >= 15 is 0 Å². The molecular weight excluding hydrogens is 437 g/mol. The van der Waals surface area contributed by atoms with Gasteiger partial charge in [-0.2, -0.15) is 0 Å². The van der Waals surface area contributed by atoms with Gasteiger partial charge in [-0.1, -0.05) is 43.7 Å². The first-order valence-corrected chi connectivity index (χ1v) is 9.79. The standard InChI is InChI=1S/C21H35N3O.HI/c1-4-18-17-24(15-13-20(18)19-11-7-5-8-12-19)21(22-2)23-14-9-6-10-16-25-3;/h5,7-8,11-12,18,20H,4,6,9-10,13-17H2,1-3H3,(H,22,23);1H. The number of aliphatic imine (C=N–C) groups is 1. The third kappa shape index (κ3) is 7.06. The second kappa shape index (κ2) is 13.4. The van der Waals surface area contributed by atoms with Crippen LogP contribution in [-0.2, 0) is 4.74 Å². The van der Waals surface area contributed by atoms with Crippen LogP contribution in [0.3, 0.4) is 0 Å². The summed E-state index contributed by atoms with van der Waals surface area (Å²) >= 11 is 0. The molecule has 4 nitrogen and oxygen atoms in total. The van der Waals surface area contributed by atoms with Crippen molar-refractivity contribution in [3.8, 4) is 0 Å². The van der Waals surface area contributed by atoms with Crippen molar-refractivity contribution < 1.29 is 4.74 Å². The number of hydrogen-bond acceptors (Lipinski definition) is 2. The molecule has 0 aromatic heterocycles. The molecule has 0 amide bonds. The molecule has 2 atom stereocenters. The number of ether oxygens (including phenoxy) is 1. The molecule has 0 radical (unpaired) electrons. The molecule has 26 heavy (non-hydrogen) atoms. The maximum atomic E-state index is 5.10. The van der Waals surface area contributed by atoms with Crippen LogP contribution < -0.4 is 5.32 Å². The van der Waals surface area contributed by atoms with Crippen LogP contribution in [0.2, 0.25) is 0 Å². The summed E-state index contributed by atoms with van der Waals surface area (Å²) < 4.78 is 5.10. The number of methoxy groups -OCH3 is 1. The Morgan fingerprint density at radius 3 is 2.65 bits per heavy atom. The van der Waals surface area contributed by atoms with E-state index in [-0.39, 0.29) is 24.0 Å². The SMILES string of the molecule is CCC1CN(C(=NC)NCCCCCOC)CCC1c1ccccc1.I. The van der Waals surface area contributed by atoms with E-state index in [1.807, 2.05) is 7.05 Å². The highest BCUT2D eigenvalue weighted by molar-refractivity contribution is 14.0. The van der Waals surface area contributed by atoms with Crippen LogP contribution in [0.15, 0.2) is 35.3 Å². The zero-order chi connectivity index (χ0) is 17.9. The number of benzene rings is 1.